The minimum absolute atomic E-state index is 0.0963. The normalized spacial score (nSPS) is 10.6. The molecule has 1 aromatic carbocycles. The maximum absolute atomic E-state index is 12.1. The fourth-order valence-corrected chi connectivity index (χ4v) is 3.08. The third-order valence-electron chi connectivity index (χ3n) is 3.72. The van der Waals surface area contributed by atoms with Gasteiger partial charge in [-0.25, -0.2) is 0 Å². The number of hydrogen-bond donors (Lipinski definition) is 1. The van der Waals surface area contributed by atoms with Crippen molar-refractivity contribution in [2.45, 2.75) is 13.5 Å². The fraction of sp³-hybridized carbons (Fsp3) is 0.222. The average Bonchev–Trinajstić information content (AvgIpc) is 3.25. The topological polar surface area (TPSA) is 56.1 Å². The van der Waals surface area contributed by atoms with Crippen molar-refractivity contribution in [1.29, 1.82) is 0 Å². The number of aromatic nitrogens is 2. The van der Waals surface area contributed by atoms with Gasteiger partial charge >= 0.3 is 0 Å². The first-order valence-electron chi connectivity index (χ1n) is 7.68. The van der Waals surface area contributed by atoms with Gasteiger partial charge in [-0.2, -0.15) is 5.10 Å². The molecule has 1 amide bonds. The molecule has 2 heterocycles. The highest BCUT2D eigenvalue weighted by molar-refractivity contribution is 7.13. The maximum Gasteiger partial charge on any atom is 0.251 e. The van der Waals surface area contributed by atoms with Crippen LogP contribution in [0, 0.1) is 6.92 Å². The van der Waals surface area contributed by atoms with Gasteiger partial charge in [0, 0.05) is 17.8 Å². The van der Waals surface area contributed by atoms with Gasteiger partial charge in [0.25, 0.3) is 5.91 Å². The number of carbonyl (C=O) groups is 1. The first kappa shape index (κ1) is 16.3. The summed E-state index contributed by atoms with van der Waals surface area (Å²) in [6, 6.07) is 13.2. The van der Waals surface area contributed by atoms with E-state index in [0.29, 0.717) is 18.7 Å². The summed E-state index contributed by atoms with van der Waals surface area (Å²) in [6.45, 7) is 3.19. The van der Waals surface area contributed by atoms with Crippen molar-refractivity contribution in [3.63, 3.8) is 0 Å². The molecule has 0 saturated heterocycles. The van der Waals surface area contributed by atoms with Crippen LogP contribution in [0.3, 0.4) is 0 Å². The highest BCUT2D eigenvalue weighted by atomic mass is 32.1. The third kappa shape index (κ3) is 3.65. The quantitative estimate of drug-likeness (QED) is 0.748. The Balaban J connectivity index is 1.57. The number of amides is 1. The molecule has 0 atom stereocenters. The molecule has 124 valence electrons. The molecule has 24 heavy (non-hydrogen) atoms. The monoisotopic (exact) mass is 341 g/mol. The molecule has 2 aromatic heterocycles. The molecule has 6 heteroatoms. The van der Waals surface area contributed by atoms with Crippen molar-refractivity contribution in [3.8, 4) is 16.3 Å². The van der Waals surface area contributed by atoms with Crippen LogP contribution in [-0.2, 0) is 6.54 Å². The van der Waals surface area contributed by atoms with Gasteiger partial charge in [-0.1, -0.05) is 6.07 Å². The predicted molar refractivity (Wildman–Crippen MR) is 95.6 cm³/mol. The van der Waals surface area contributed by atoms with Crippen LogP contribution < -0.4 is 10.1 Å². The van der Waals surface area contributed by atoms with E-state index in [9.17, 15) is 4.79 Å². The molecule has 0 aliphatic rings. The first-order valence-corrected chi connectivity index (χ1v) is 8.56. The minimum atomic E-state index is -0.0963. The Kier molecular flexibility index (Phi) is 4.96. The molecule has 5 nitrogen and oxygen atoms in total. The van der Waals surface area contributed by atoms with Gasteiger partial charge in [0.2, 0.25) is 0 Å². The van der Waals surface area contributed by atoms with E-state index < -0.39 is 0 Å². The van der Waals surface area contributed by atoms with E-state index in [0.717, 1.165) is 22.0 Å². The largest absolute Gasteiger partial charge is 0.497 e. The van der Waals surface area contributed by atoms with Gasteiger partial charge in [-0.15, -0.1) is 11.3 Å². The Bertz CT molecular complexity index is 807. The highest BCUT2D eigenvalue weighted by Crippen LogP contribution is 2.23. The van der Waals surface area contributed by atoms with Crippen molar-refractivity contribution in [2.24, 2.45) is 0 Å². The van der Waals surface area contributed by atoms with Gasteiger partial charge in [-0.3, -0.25) is 9.48 Å². The lowest BCUT2D eigenvalue weighted by Gasteiger charge is -2.07. The van der Waals surface area contributed by atoms with Crippen molar-refractivity contribution in [3.05, 3.63) is 59.1 Å². The van der Waals surface area contributed by atoms with Crippen LogP contribution in [0.5, 0.6) is 5.75 Å². The molecule has 0 bridgehead atoms. The Morgan fingerprint density at radius 2 is 2.08 bits per heavy atom. The molecule has 0 fully saturated rings. The van der Waals surface area contributed by atoms with Gasteiger partial charge in [0.15, 0.2) is 0 Å². The number of nitrogens with zero attached hydrogens (tertiary/aromatic N) is 2. The number of aryl methyl sites for hydroxylation is 1. The summed E-state index contributed by atoms with van der Waals surface area (Å²) in [5, 5.41) is 9.56. The average molecular weight is 341 g/mol. The van der Waals surface area contributed by atoms with Gasteiger partial charge < -0.3 is 10.1 Å². The first-order chi connectivity index (χ1) is 11.7. The minimum Gasteiger partial charge on any atom is -0.497 e. The van der Waals surface area contributed by atoms with E-state index in [1.807, 2.05) is 23.1 Å². The zero-order chi connectivity index (χ0) is 16.9. The SMILES string of the molecule is COc1ccc(C(=O)NCCn2nc(-c3cccs3)cc2C)cc1. The number of carbonyl (C=O) groups excluding carboxylic acids is 1. The van der Waals surface area contributed by atoms with Gasteiger partial charge in [-0.05, 0) is 48.7 Å². The molecule has 0 spiro atoms. The van der Waals surface area contributed by atoms with Crippen molar-refractivity contribution in [1.82, 2.24) is 15.1 Å². The van der Waals surface area contributed by atoms with Crippen molar-refractivity contribution < 1.29 is 9.53 Å². The summed E-state index contributed by atoms with van der Waals surface area (Å²) >= 11 is 1.67. The second-order valence-corrected chi connectivity index (χ2v) is 6.30. The molecular formula is C18H19N3O2S. The Morgan fingerprint density at radius 3 is 2.75 bits per heavy atom. The predicted octanol–water partition coefficient (Wildman–Crippen LogP) is 3.36. The van der Waals surface area contributed by atoms with E-state index in [-0.39, 0.29) is 5.91 Å². The lowest BCUT2D eigenvalue weighted by atomic mass is 10.2. The molecule has 0 saturated carbocycles. The van der Waals surface area contributed by atoms with Crippen LogP contribution in [0.1, 0.15) is 16.1 Å². The van der Waals surface area contributed by atoms with Gasteiger partial charge in [0.1, 0.15) is 11.4 Å². The third-order valence-corrected chi connectivity index (χ3v) is 4.61. The fourth-order valence-electron chi connectivity index (χ4n) is 2.40. The van der Waals surface area contributed by atoms with E-state index >= 15 is 0 Å². The van der Waals surface area contributed by atoms with Crippen LogP contribution in [0.2, 0.25) is 0 Å². The molecule has 0 unspecified atom stereocenters. The second kappa shape index (κ2) is 7.31. The zero-order valence-electron chi connectivity index (χ0n) is 13.7. The van der Waals surface area contributed by atoms with Crippen LogP contribution in [0.15, 0.2) is 47.8 Å². The number of nitrogens with one attached hydrogen (secondary N) is 1. The number of hydrogen-bond acceptors (Lipinski definition) is 4. The van der Waals surface area contributed by atoms with Gasteiger partial charge in [0.05, 0.1) is 18.5 Å². The summed E-state index contributed by atoms with van der Waals surface area (Å²) in [5.74, 6) is 0.640. The number of thiophene rings is 1. The van der Waals surface area contributed by atoms with Crippen LogP contribution in [0.25, 0.3) is 10.6 Å². The Labute approximate surface area is 144 Å². The number of methoxy groups -OCH3 is 1. The van der Waals surface area contributed by atoms with E-state index in [4.69, 9.17) is 4.74 Å². The summed E-state index contributed by atoms with van der Waals surface area (Å²) < 4.78 is 7.01. The van der Waals surface area contributed by atoms with E-state index in [1.54, 1.807) is 42.7 Å². The molecule has 0 aliphatic carbocycles. The standard InChI is InChI=1S/C18H19N3O2S/c1-13-12-16(17-4-3-11-24-17)20-21(13)10-9-19-18(22)14-5-7-15(23-2)8-6-14/h3-8,11-12H,9-10H2,1-2H3,(H,19,22). The molecule has 3 aromatic rings. The molecular weight excluding hydrogens is 322 g/mol. The maximum atomic E-state index is 12.1. The van der Waals surface area contributed by atoms with E-state index in [1.165, 1.54) is 0 Å². The highest BCUT2D eigenvalue weighted by Gasteiger charge is 2.09. The number of ether oxygens (including phenoxy) is 1. The van der Waals surface area contributed by atoms with Crippen LogP contribution in [0.4, 0.5) is 0 Å². The molecule has 1 N–H and O–H groups in total. The second-order valence-electron chi connectivity index (χ2n) is 5.36. The summed E-state index contributed by atoms with van der Waals surface area (Å²) in [4.78, 5) is 13.3. The summed E-state index contributed by atoms with van der Waals surface area (Å²) in [7, 11) is 1.60. The smallest absolute Gasteiger partial charge is 0.251 e. The van der Waals surface area contributed by atoms with Crippen LogP contribution in [-0.4, -0.2) is 29.3 Å². The molecule has 0 aliphatic heterocycles. The molecule has 3 rings (SSSR count). The van der Waals surface area contributed by atoms with Crippen LogP contribution >= 0.6 is 11.3 Å². The Hall–Kier alpha value is -2.60. The van der Waals surface area contributed by atoms with Crippen molar-refractivity contribution >= 4 is 17.2 Å². The zero-order valence-corrected chi connectivity index (χ0v) is 14.5. The summed E-state index contributed by atoms with van der Waals surface area (Å²) in [5.41, 5.74) is 2.67. The number of rotatable bonds is 6. The molecule has 0 radical (unpaired) electrons. The lowest BCUT2D eigenvalue weighted by Crippen LogP contribution is -2.27. The van der Waals surface area contributed by atoms with Crippen molar-refractivity contribution in [2.75, 3.05) is 13.7 Å². The summed E-state index contributed by atoms with van der Waals surface area (Å²) in [6.07, 6.45) is 0. The lowest BCUT2D eigenvalue weighted by molar-refractivity contribution is 0.0952. The number of benzene rings is 1. The van der Waals surface area contributed by atoms with E-state index in [2.05, 4.69) is 22.5 Å². The Morgan fingerprint density at radius 1 is 1.29 bits per heavy atom.